The number of alkyl halides is 2. The molecule has 154 valence electrons. The van der Waals surface area contributed by atoms with Gasteiger partial charge in [-0.3, -0.25) is 9.59 Å². The monoisotopic (exact) mass is 422 g/mol. The standard InChI is InChI=1S/C20H20F2N2O4S/c1-27-16-8-3-13(10-17(16)28-20(21)22)23-19(26)12-9-18(25)24(11-12)14-4-6-15(29-2)7-5-14/h3-8,10,12,20H,9,11H2,1-2H3,(H,23,26). The lowest BCUT2D eigenvalue weighted by Gasteiger charge is -2.17. The fourth-order valence-corrected chi connectivity index (χ4v) is 3.49. The molecular formula is C20H20F2N2O4S. The molecule has 1 fully saturated rings. The van der Waals surface area contributed by atoms with Crippen LogP contribution in [-0.2, 0) is 9.59 Å². The molecule has 2 aromatic rings. The topological polar surface area (TPSA) is 67.9 Å². The van der Waals surface area contributed by atoms with Crippen LogP contribution < -0.4 is 19.7 Å². The van der Waals surface area contributed by atoms with Gasteiger partial charge in [-0.25, -0.2) is 0 Å². The summed E-state index contributed by atoms with van der Waals surface area (Å²) in [6.07, 6.45) is 2.04. The van der Waals surface area contributed by atoms with Crippen LogP contribution in [-0.4, -0.2) is 38.3 Å². The van der Waals surface area contributed by atoms with Crippen LogP contribution in [0.15, 0.2) is 47.4 Å². The van der Waals surface area contributed by atoms with E-state index in [1.54, 1.807) is 16.7 Å². The van der Waals surface area contributed by atoms with Crippen LogP contribution in [0, 0.1) is 5.92 Å². The molecule has 0 aromatic heterocycles. The molecule has 1 heterocycles. The molecule has 0 saturated carbocycles. The summed E-state index contributed by atoms with van der Waals surface area (Å²) in [5.41, 5.74) is 1.02. The summed E-state index contributed by atoms with van der Waals surface area (Å²) >= 11 is 1.60. The number of anilines is 2. The van der Waals surface area contributed by atoms with Gasteiger partial charge < -0.3 is 19.7 Å². The number of nitrogens with zero attached hydrogens (tertiary/aromatic N) is 1. The molecule has 0 radical (unpaired) electrons. The average molecular weight is 422 g/mol. The molecule has 6 nitrogen and oxygen atoms in total. The number of nitrogens with one attached hydrogen (secondary N) is 1. The molecule has 3 rings (SSSR count). The second kappa shape index (κ2) is 9.13. The van der Waals surface area contributed by atoms with E-state index in [2.05, 4.69) is 10.1 Å². The van der Waals surface area contributed by atoms with Crippen molar-refractivity contribution in [1.29, 1.82) is 0 Å². The second-order valence-electron chi connectivity index (χ2n) is 6.34. The van der Waals surface area contributed by atoms with Gasteiger partial charge in [0.15, 0.2) is 11.5 Å². The van der Waals surface area contributed by atoms with Crippen molar-refractivity contribution in [1.82, 2.24) is 0 Å². The van der Waals surface area contributed by atoms with E-state index in [-0.39, 0.29) is 42.0 Å². The maximum Gasteiger partial charge on any atom is 0.387 e. The van der Waals surface area contributed by atoms with E-state index in [0.717, 1.165) is 10.6 Å². The Morgan fingerprint density at radius 1 is 1.21 bits per heavy atom. The number of ether oxygens (including phenoxy) is 2. The van der Waals surface area contributed by atoms with Gasteiger partial charge in [0, 0.05) is 35.3 Å². The number of amides is 2. The van der Waals surface area contributed by atoms with E-state index >= 15 is 0 Å². The summed E-state index contributed by atoms with van der Waals surface area (Å²) in [7, 11) is 1.33. The molecule has 2 aromatic carbocycles. The number of thioether (sulfide) groups is 1. The normalized spacial score (nSPS) is 16.2. The highest BCUT2D eigenvalue weighted by atomic mass is 32.2. The lowest BCUT2D eigenvalue weighted by atomic mass is 10.1. The zero-order valence-electron chi connectivity index (χ0n) is 15.9. The van der Waals surface area contributed by atoms with Crippen molar-refractivity contribution < 1.29 is 27.8 Å². The number of hydrogen-bond acceptors (Lipinski definition) is 5. The van der Waals surface area contributed by atoms with E-state index in [0.29, 0.717) is 0 Å². The molecule has 1 aliphatic heterocycles. The third kappa shape index (κ3) is 4.97. The van der Waals surface area contributed by atoms with Crippen molar-refractivity contribution in [2.75, 3.05) is 30.1 Å². The molecule has 1 N–H and O–H groups in total. The fourth-order valence-electron chi connectivity index (χ4n) is 3.08. The highest BCUT2D eigenvalue weighted by Gasteiger charge is 2.35. The highest BCUT2D eigenvalue weighted by Crippen LogP contribution is 2.32. The molecule has 29 heavy (non-hydrogen) atoms. The van der Waals surface area contributed by atoms with Crippen molar-refractivity contribution >= 4 is 35.0 Å². The van der Waals surface area contributed by atoms with E-state index in [1.807, 2.05) is 30.5 Å². The van der Waals surface area contributed by atoms with Crippen LogP contribution in [0.2, 0.25) is 0 Å². The molecule has 9 heteroatoms. The average Bonchev–Trinajstić information content (AvgIpc) is 3.09. The van der Waals surface area contributed by atoms with Crippen LogP contribution in [0.1, 0.15) is 6.42 Å². The minimum absolute atomic E-state index is 0.0761. The van der Waals surface area contributed by atoms with Crippen molar-refractivity contribution in [2.24, 2.45) is 5.92 Å². The summed E-state index contributed by atoms with van der Waals surface area (Å²) in [4.78, 5) is 27.6. The van der Waals surface area contributed by atoms with Gasteiger partial charge in [-0.05, 0) is 42.7 Å². The number of methoxy groups -OCH3 is 1. The molecule has 1 saturated heterocycles. The third-order valence-electron chi connectivity index (χ3n) is 4.53. The molecule has 0 aliphatic carbocycles. The predicted molar refractivity (Wildman–Crippen MR) is 107 cm³/mol. The number of benzene rings is 2. The maximum atomic E-state index is 12.6. The Morgan fingerprint density at radius 3 is 2.55 bits per heavy atom. The SMILES string of the molecule is COc1ccc(NC(=O)C2CC(=O)N(c3ccc(SC)cc3)C2)cc1OC(F)F. The summed E-state index contributed by atoms with van der Waals surface area (Å²) in [6, 6.07) is 11.7. The fraction of sp³-hybridized carbons (Fsp3) is 0.300. The van der Waals surface area contributed by atoms with Gasteiger partial charge in [-0.15, -0.1) is 11.8 Å². The van der Waals surface area contributed by atoms with Gasteiger partial charge in [0.25, 0.3) is 0 Å². The summed E-state index contributed by atoms with van der Waals surface area (Å²) in [5.74, 6) is -1.12. The van der Waals surface area contributed by atoms with Crippen molar-refractivity contribution in [2.45, 2.75) is 17.9 Å². The first-order valence-electron chi connectivity index (χ1n) is 8.79. The quantitative estimate of drug-likeness (QED) is 0.683. The van der Waals surface area contributed by atoms with Gasteiger partial charge in [0.2, 0.25) is 11.8 Å². The van der Waals surface area contributed by atoms with Crippen molar-refractivity contribution in [3.8, 4) is 11.5 Å². The Kier molecular flexibility index (Phi) is 6.58. The predicted octanol–water partition coefficient (Wildman–Crippen LogP) is 4.01. The van der Waals surface area contributed by atoms with Crippen LogP contribution in [0.5, 0.6) is 11.5 Å². The number of halogens is 2. The van der Waals surface area contributed by atoms with Crippen LogP contribution in [0.3, 0.4) is 0 Å². The third-order valence-corrected chi connectivity index (χ3v) is 5.27. The summed E-state index contributed by atoms with van der Waals surface area (Å²) < 4.78 is 34.5. The largest absolute Gasteiger partial charge is 0.493 e. The van der Waals surface area contributed by atoms with Crippen LogP contribution in [0.25, 0.3) is 0 Å². The zero-order chi connectivity index (χ0) is 21.0. The van der Waals surface area contributed by atoms with Gasteiger partial charge in [0.05, 0.1) is 13.0 Å². The number of hydrogen-bond donors (Lipinski definition) is 1. The van der Waals surface area contributed by atoms with Gasteiger partial charge >= 0.3 is 6.61 Å². The van der Waals surface area contributed by atoms with E-state index in [1.165, 1.54) is 25.3 Å². The summed E-state index contributed by atoms with van der Waals surface area (Å²) in [6.45, 7) is -2.77. The molecule has 1 unspecified atom stereocenters. The van der Waals surface area contributed by atoms with Crippen LogP contribution in [0.4, 0.5) is 20.2 Å². The lowest BCUT2D eigenvalue weighted by molar-refractivity contribution is -0.122. The molecule has 0 spiro atoms. The van der Waals surface area contributed by atoms with Gasteiger partial charge in [-0.1, -0.05) is 0 Å². The molecule has 2 amide bonds. The minimum atomic E-state index is -3.02. The van der Waals surface area contributed by atoms with Crippen molar-refractivity contribution in [3.05, 3.63) is 42.5 Å². The number of carbonyl (C=O) groups excluding carboxylic acids is 2. The first-order chi connectivity index (χ1) is 13.9. The molecular weight excluding hydrogens is 402 g/mol. The van der Waals surface area contributed by atoms with E-state index < -0.39 is 12.5 Å². The first-order valence-corrected chi connectivity index (χ1v) is 10.0. The van der Waals surface area contributed by atoms with E-state index in [9.17, 15) is 18.4 Å². The Labute approximate surface area is 171 Å². The summed E-state index contributed by atoms with van der Waals surface area (Å²) in [5, 5.41) is 2.66. The Morgan fingerprint density at radius 2 is 1.93 bits per heavy atom. The zero-order valence-corrected chi connectivity index (χ0v) is 16.7. The smallest absolute Gasteiger partial charge is 0.387 e. The van der Waals surface area contributed by atoms with Crippen molar-refractivity contribution in [3.63, 3.8) is 0 Å². The van der Waals surface area contributed by atoms with Crippen LogP contribution >= 0.6 is 11.8 Å². The van der Waals surface area contributed by atoms with Gasteiger partial charge in [-0.2, -0.15) is 8.78 Å². The molecule has 1 aliphatic rings. The maximum absolute atomic E-state index is 12.6. The Hall–Kier alpha value is -2.81. The lowest BCUT2D eigenvalue weighted by Crippen LogP contribution is -2.28. The van der Waals surface area contributed by atoms with Gasteiger partial charge in [0.1, 0.15) is 0 Å². The number of carbonyl (C=O) groups is 2. The second-order valence-corrected chi connectivity index (χ2v) is 7.22. The molecule has 0 bridgehead atoms. The molecule has 1 atom stereocenters. The highest BCUT2D eigenvalue weighted by molar-refractivity contribution is 7.98. The Balaban J connectivity index is 1.69. The minimum Gasteiger partial charge on any atom is -0.493 e. The first kappa shape index (κ1) is 20.9. The number of rotatable bonds is 7. The Bertz CT molecular complexity index is 893. The van der Waals surface area contributed by atoms with E-state index in [4.69, 9.17) is 4.74 Å².